The highest BCUT2D eigenvalue weighted by Crippen LogP contribution is 2.18. The van der Waals surface area contributed by atoms with Crippen LogP contribution in [0.25, 0.3) is 10.9 Å². The number of amides is 1. The topological polar surface area (TPSA) is 59.1 Å². The first-order chi connectivity index (χ1) is 15.1. The second-order valence-electron chi connectivity index (χ2n) is 7.66. The molecule has 1 amide bonds. The first-order valence-electron chi connectivity index (χ1n) is 10.4. The number of nitrogens with zero attached hydrogens (tertiary/aromatic N) is 1. The van der Waals surface area contributed by atoms with E-state index in [1.54, 1.807) is 12.3 Å². The van der Waals surface area contributed by atoms with Gasteiger partial charge in [-0.25, -0.2) is 0 Å². The Hall–Kier alpha value is -3.79. The molecule has 4 aromatic rings. The van der Waals surface area contributed by atoms with Gasteiger partial charge >= 0.3 is 0 Å². The van der Waals surface area contributed by atoms with Crippen LogP contribution in [0.3, 0.4) is 0 Å². The number of aryl methyl sites for hydroxylation is 1. The van der Waals surface area contributed by atoms with Gasteiger partial charge in [-0.05, 0) is 48.2 Å². The summed E-state index contributed by atoms with van der Waals surface area (Å²) < 4.78 is 0. The van der Waals surface area contributed by atoms with Crippen molar-refractivity contribution in [3.63, 3.8) is 0 Å². The van der Waals surface area contributed by atoms with E-state index >= 15 is 0 Å². The van der Waals surface area contributed by atoms with E-state index < -0.39 is 6.04 Å². The lowest BCUT2D eigenvalue weighted by molar-refractivity contribution is -0.120. The van der Waals surface area contributed by atoms with Gasteiger partial charge in [0.15, 0.2) is 5.78 Å². The van der Waals surface area contributed by atoms with E-state index in [-0.39, 0.29) is 18.1 Å². The maximum Gasteiger partial charge on any atom is 0.252 e. The summed E-state index contributed by atoms with van der Waals surface area (Å²) in [4.78, 5) is 30.7. The Labute approximate surface area is 182 Å². The number of hydrogen-bond donors (Lipinski definition) is 1. The second-order valence-corrected chi connectivity index (χ2v) is 7.66. The summed E-state index contributed by atoms with van der Waals surface area (Å²) >= 11 is 0. The number of carbonyl (C=O) groups is 2. The van der Waals surface area contributed by atoms with E-state index in [4.69, 9.17) is 0 Å². The standard InChI is InChI=1S/C27H24N2O2/c1-19-9-5-6-13-22(19)27(31)29-25(17-20-10-3-2-4-11-20)26(30)18-21-12-7-15-24-23(21)14-8-16-28-24/h2-16,25H,17-18H2,1H3,(H,29,31). The molecular weight excluding hydrogens is 384 g/mol. The van der Waals surface area contributed by atoms with Crippen molar-refractivity contribution in [2.24, 2.45) is 0 Å². The molecule has 0 saturated heterocycles. The van der Waals surface area contributed by atoms with E-state index in [9.17, 15) is 9.59 Å². The molecule has 4 rings (SSSR count). The van der Waals surface area contributed by atoms with E-state index in [2.05, 4.69) is 10.3 Å². The fourth-order valence-corrected chi connectivity index (χ4v) is 3.79. The first-order valence-corrected chi connectivity index (χ1v) is 10.4. The number of carbonyl (C=O) groups excluding carboxylic acids is 2. The third-order valence-corrected chi connectivity index (χ3v) is 5.47. The first kappa shape index (κ1) is 20.5. The molecule has 31 heavy (non-hydrogen) atoms. The molecule has 1 atom stereocenters. The number of pyridine rings is 1. The molecule has 0 aliphatic heterocycles. The molecule has 0 saturated carbocycles. The Kier molecular flexibility index (Phi) is 6.18. The van der Waals surface area contributed by atoms with Crippen LogP contribution in [-0.4, -0.2) is 22.7 Å². The molecule has 0 bridgehead atoms. The van der Waals surface area contributed by atoms with Gasteiger partial charge in [-0.1, -0.05) is 66.7 Å². The molecule has 1 unspecified atom stereocenters. The molecule has 4 nitrogen and oxygen atoms in total. The molecule has 1 aromatic heterocycles. The predicted octanol–water partition coefficient (Wildman–Crippen LogP) is 4.70. The highest BCUT2D eigenvalue weighted by molar-refractivity contribution is 6.00. The lowest BCUT2D eigenvalue weighted by atomic mass is 9.95. The quantitative estimate of drug-likeness (QED) is 0.482. The maximum absolute atomic E-state index is 13.4. The third-order valence-electron chi connectivity index (χ3n) is 5.47. The minimum Gasteiger partial charge on any atom is -0.342 e. The summed E-state index contributed by atoms with van der Waals surface area (Å²) in [6.45, 7) is 1.89. The normalized spacial score (nSPS) is 11.8. The number of rotatable bonds is 7. The molecule has 0 aliphatic carbocycles. The minimum atomic E-state index is -0.624. The zero-order valence-electron chi connectivity index (χ0n) is 17.4. The zero-order valence-corrected chi connectivity index (χ0v) is 17.4. The van der Waals surface area contributed by atoms with Gasteiger partial charge in [-0.2, -0.15) is 0 Å². The van der Waals surface area contributed by atoms with E-state index in [0.717, 1.165) is 27.6 Å². The summed E-state index contributed by atoms with van der Waals surface area (Å²) in [6.07, 6.45) is 2.42. The van der Waals surface area contributed by atoms with Crippen LogP contribution in [0, 0.1) is 6.92 Å². The van der Waals surface area contributed by atoms with Crippen molar-refractivity contribution in [3.8, 4) is 0 Å². The summed E-state index contributed by atoms with van der Waals surface area (Å²) in [5.41, 5.74) is 4.24. The second kappa shape index (κ2) is 9.35. The molecule has 0 spiro atoms. The van der Waals surface area contributed by atoms with Gasteiger partial charge in [0.05, 0.1) is 11.6 Å². The molecule has 0 fully saturated rings. The van der Waals surface area contributed by atoms with Gasteiger partial charge in [-0.15, -0.1) is 0 Å². The molecule has 3 aromatic carbocycles. The molecular formula is C27H24N2O2. The zero-order chi connectivity index (χ0) is 21.6. The summed E-state index contributed by atoms with van der Waals surface area (Å²) in [5, 5.41) is 3.95. The van der Waals surface area contributed by atoms with Crippen LogP contribution in [0.4, 0.5) is 0 Å². The fourth-order valence-electron chi connectivity index (χ4n) is 3.79. The number of benzene rings is 3. The highest BCUT2D eigenvalue weighted by Gasteiger charge is 2.23. The van der Waals surface area contributed by atoms with E-state index in [1.165, 1.54) is 0 Å². The largest absolute Gasteiger partial charge is 0.342 e. The van der Waals surface area contributed by atoms with Gasteiger partial charge < -0.3 is 5.32 Å². The monoisotopic (exact) mass is 408 g/mol. The average molecular weight is 409 g/mol. The molecule has 0 aliphatic rings. The third kappa shape index (κ3) is 4.86. The van der Waals surface area contributed by atoms with Crippen molar-refractivity contribution < 1.29 is 9.59 Å². The average Bonchev–Trinajstić information content (AvgIpc) is 2.80. The summed E-state index contributed by atoms with van der Waals surface area (Å²) in [7, 11) is 0. The van der Waals surface area contributed by atoms with Gasteiger partial charge in [0, 0.05) is 23.6 Å². The van der Waals surface area contributed by atoms with Gasteiger partial charge in [0.25, 0.3) is 5.91 Å². The van der Waals surface area contributed by atoms with Crippen molar-refractivity contribution in [3.05, 3.63) is 113 Å². The van der Waals surface area contributed by atoms with Crippen molar-refractivity contribution >= 4 is 22.6 Å². The Morgan fingerprint density at radius 2 is 1.65 bits per heavy atom. The van der Waals surface area contributed by atoms with Crippen LogP contribution in [0.2, 0.25) is 0 Å². The van der Waals surface area contributed by atoms with Gasteiger partial charge in [0.1, 0.15) is 0 Å². The highest BCUT2D eigenvalue weighted by atomic mass is 16.2. The molecule has 154 valence electrons. The van der Waals surface area contributed by atoms with Crippen molar-refractivity contribution in [1.29, 1.82) is 0 Å². The van der Waals surface area contributed by atoms with Crippen LogP contribution in [0.1, 0.15) is 27.0 Å². The number of hydrogen-bond acceptors (Lipinski definition) is 3. The van der Waals surface area contributed by atoms with E-state index in [1.807, 2.05) is 85.8 Å². The lowest BCUT2D eigenvalue weighted by Gasteiger charge is -2.19. The number of fused-ring (bicyclic) bond motifs is 1. The van der Waals surface area contributed by atoms with Crippen molar-refractivity contribution in [1.82, 2.24) is 10.3 Å². The van der Waals surface area contributed by atoms with Gasteiger partial charge in [0.2, 0.25) is 0 Å². The van der Waals surface area contributed by atoms with Crippen LogP contribution < -0.4 is 5.32 Å². The van der Waals surface area contributed by atoms with Crippen LogP contribution >= 0.6 is 0 Å². The SMILES string of the molecule is Cc1ccccc1C(=O)NC(Cc1ccccc1)C(=O)Cc1cccc2ncccc12. The summed E-state index contributed by atoms with van der Waals surface area (Å²) in [5.74, 6) is -0.255. The van der Waals surface area contributed by atoms with E-state index in [0.29, 0.717) is 12.0 Å². The Morgan fingerprint density at radius 3 is 2.45 bits per heavy atom. The number of nitrogens with one attached hydrogen (secondary N) is 1. The molecule has 0 radical (unpaired) electrons. The maximum atomic E-state index is 13.4. The molecule has 1 heterocycles. The smallest absolute Gasteiger partial charge is 0.252 e. The minimum absolute atomic E-state index is 0.0258. The fraction of sp³-hybridized carbons (Fsp3) is 0.148. The summed E-state index contributed by atoms with van der Waals surface area (Å²) in [6, 6.07) is 26.2. The van der Waals surface area contributed by atoms with Gasteiger partial charge in [-0.3, -0.25) is 14.6 Å². The number of aromatic nitrogens is 1. The Balaban J connectivity index is 1.60. The lowest BCUT2D eigenvalue weighted by Crippen LogP contribution is -2.43. The van der Waals surface area contributed by atoms with Crippen LogP contribution in [0.5, 0.6) is 0 Å². The van der Waals surface area contributed by atoms with Crippen molar-refractivity contribution in [2.75, 3.05) is 0 Å². The number of ketones is 1. The Bertz CT molecular complexity index is 1210. The van der Waals surface area contributed by atoms with Crippen LogP contribution in [0.15, 0.2) is 91.1 Å². The Morgan fingerprint density at radius 1 is 0.871 bits per heavy atom. The molecule has 4 heteroatoms. The molecule has 1 N–H and O–H groups in total. The van der Waals surface area contributed by atoms with Crippen molar-refractivity contribution in [2.45, 2.75) is 25.8 Å². The predicted molar refractivity (Wildman–Crippen MR) is 123 cm³/mol. The number of Topliss-reactive ketones (excluding diaryl/α,β-unsaturated/α-hetero) is 1. The van der Waals surface area contributed by atoms with Crippen LogP contribution in [-0.2, 0) is 17.6 Å².